The second-order valence-corrected chi connectivity index (χ2v) is 10.3. The highest BCUT2D eigenvalue weighted by Crippen LogP contribution is 2.23. The number of carbonyl (C=O) groups excluding carboxylic acids is 1. The molecule has 13 heteroatoms. The lowest BCUT2D eigenvalue weighted by Gasteiger charge is -2.31. The number of H-pyrrole nitrogens is 2. The minimum atomic E-state index is -0.488. The van der Waals surface area contributed by atoms with Gasteiger partial charge in [-0.05, 0) is 44.6 Å². The standard InChI is InChI=1S/C25H33N9O4/c35-22(14-33-7-9-38-10-8-33)29-18-5-1-16(2-6-18)27-20-12-21(28-17-3-4-17)34-23(31-20)15(13-26-34)11-19-24(36)32-25(37)30-19/h11-13,16-18,27,36H,1-10,14H2,(H,29,35)(H2,30,32,37). The van der Waals surface area contributed by atoms with Crippen LogP contribution in [0, 0.1) is 0 Å². The molecule has 3 fully saturated rings. The van der Waals surface area contributed by atoms with Gasteiger partial charge in [0, 0.05) is 36.5 Å². The van der Waals surface area contributed by atoms with E-state index in [-0.39, 0.29) is 29.6 Å². The highest BCUT2D eigenvalue weighted by Gasteiger charge is 2.24. The summed E-state index contributed by atoms with van der Waals surface area (Å²) >= 11 is 0. The van der Waals surface area contributed by atoms with Crippen LogP contribution >= 0.6 is 0 Å². The van der Waals surface area contributed by atoms with Crippen molar-refractivity contribution in [1.82, 2.24) is 34.8 Å². The van der Waals surface area contributed by atoms with E-state index in [0.29, 0.717) is 42.5 Å². The van der Waals surface area contributed by atoms with Gasteiger partial charge in [-0.25, -0.2) is 9.78 Å². The lowest BCUT2D eigenvalue weighted by Crippen LogP contribution is -2.47. The normalized spacial score (nSPS) is 23.7. The van der Waals surface area contributed by atoms with Gasteiger partial charge in [0.1, 0.15) is 11.5 Å². The van der Waals surface area contributed by atoms with Crippen molar-refractivity contribution < 1.29 is 14.6 Å². The zero-order chi connectivity index (χ0) is 26.1. The van der Waals surface area contributed by atoms with Crippen LogP contribution in [0.3, 0.4) is 0 Å². The number of aromatic amines is 2. The van der Waals surface area contributed by atoms with Crippen molar-refractivity contribution in [2.24, 2.45) is 4.99 Å². The highest BCUT2D eigenvalue weighted by atomic mass is 16.5. The molecule has 0 aromatic carbocycles. The van der Waals surface area contributed by atoms with Gasteiger partial charge in [-0.2, -0.15) is 9.61 Å². The van der Waals surface area contributed by atoms with Crippen LogP contribution in [-0.4, -0.2) is 91.5 Å². The number of nitrogens with zero attached hydrogens (tertiary/aromatic N) is 5. The zero-order valence-electron chi connectivity index (χ0n) is 21.2. The number of anilines is 1. The predicted octanol–water partition coefficient (Wildman–Crippen LogP) is -0.766. The van der Waals surface area contributed by atoms with Crippen LogP contribution in [0.5, 0.6) is 5.88 Å². The summed E-state index contributed by atoms with van der Waals surface area (Å²) in [5.74, 6) is 0.556. The summed E-state index contributed by atoms with van der Waals surface area (Å²) in [5, 5.41) is 21.9. The maximum atomic E-state index is 12.5. The number of hydrogen-bond donors (Lipinski definition) is 5. The average molecular weight is 524 g/mol. The number of aromatic hydroxyl groups is 1. The maximum Gasteiger partial charge on any atom is 0.326 e. The van der Waals surface area contributed by atoms with E-state index in [0.717, 1.165) is 57.1 Å². The maximum absolute atomic E-state index is 12.5. The second-order valence-electron chi connectivity index (χ2n) is 10.3. The molecule has 3 aromatic heterocycles. The van der Waals surface area contributed by atoms with Gasteiger partial charge < -0.3 is 25.5 Å². The molecule has 5 N–H and O–H groups in total. The summed E-state index contributed by atoms with van der Waals surface area (Å²) in [4.78, 5) is 40.7. The van der Waals surface area contributed by atoms with Gasteiger partial charge in [0.15, 0.2) is 11.1 Å². The lowest BCUT2D eigenvalue weighted by molar-refractivity contribution is -0.124. The van der Waals surface area contributed by atoms with Crippen molar-refractivity contribution in [1.29, 1.82) is 0 Å². The molecule has 4 heterocycles. The smallest absolute Gasteiger partial charge is 0.326 e. The Labute approximate surface area is 218 Å². The second kappa shape index (κ2) is 10.6. The molecule has 38 heavy (non-hydrogen) atoms. The number of imidazole rings is 1. The molecule has 0 atom stereocenters. The van der Waals surface area contributed by atoms with Crippen LogP contribution in [0.1, 0.15) is 44.2 Å². The predicted molar refractivity (Wildman–Crippen MR) is 139 cm³/mol. The fourth-order valence-electron chi connectivity index (χ4n) is 5.10. The van der Waals surface area contributed by atoms with E-state index in [9.17, 15) is 14.7 Å². The Hall–Kier alpha value is -3.71. The van der Waals surface area contributed by atoms with Gasteiger partial charge in [0.05, 0.1) is 32.0 Å². The van der Waals surface area contributed by atoms with Gasteiger partial charge in [0.2, 0.25) is 11.8 Å². The molecule has 1 aliphatic heterocycles. The Bertz CT molecular complexity index is 1470. The van der Waals surface area contributed by atoms with Gasteiger partial charge in [-0.1, -0.05) is 0 Å². The Kier molecular flexibility index (Phi) is 6.85. The number of nitrogens with one attached hydrogen (secondary N) is 4. The van der Waals surface area contributed by atoms with E-state index >= 15 is 0 Å². The summed E-state index contributed by atoms with van der Waals surface area (Å²) in [6.07, 6.45) is 9.05. The first-order chi connectivity index (χ1) is 18.5. The Morgan fingerprint density at radius 1 is 1.16 bits per heavy atom. The van der Waals surface area contributed by atoms with E-state index in [1.54, 1.807) is 16.8 Å². The minimum absolute atomic E-state index is 0.0843. The zero-order valence-corrected chi connectivity index (χ0v) is 21.2. The van der Waals surface area contributed by atoms with Crippen molar-refractivity contribution in [2.45, 2.75) is 56.7 Å². The quantitative estimate of drug-likeness (QED) is 0.269. The Morgan fingerprint density at radius 3 is 2.63 bits per heavy atom. The molecule has 13 nitrogen and oxygen atoms in total. The SMILES string of the molecule is O=C(CN1CCOCC1)NC1CCC(Nc2cc(=NC3CC3)n3ncc(=Cc4[nH]c(=O)[nH]c4O)c3n2)CC1. The number of ether oxygens (including phenoxy) is 1. The molecule has 202 valence electrons. The summed E-state index contributed by atoms with van der Waals surface area (Å²) < 4.78 is 7.05. The van der Waals surface area contributed by atoms with Crippen molar-refractivity contribution >= 4 is 23.4 Å². The summed E-state index contributed by atoms with van der Waals surface area (Å²) in [6.45, 7) is 3.41. The first-order valence-corrected chi connectivity index (χ1v) is 13.3. The molecule has 0 spiro atoms. The minimum Gasteiger partial charge on any atom is -0.493 e. The number of morpholine rings is 1. The number of hydrogen-bond acceptors (Lipinski definition) is 9. The van der Waals surface area contributed by atoms with Crippen molar-refractivity contribution in [3.63, 3.8) is 0 Å². The Morgan fingerprint density at radius 2 is 1.92 bits per heavy atom. The first kappa shape index (κ1) is 24.6. The van der Waals surface area contributed by atoms with Gasteiger partial charge in [0.25, 0.3) is 0 Å². The number of amides is 1. The van der Waals surface area contributed by atoms with E-state index in [2.05, 4.69) is 30.6 Å². The van der Waals surface area contributed by atoms with Crippen LogP contribution in [0.25, 0.3) is 11.7 Å². The topological polar surface area (TPSA) is 165 Å². The number of rotatable bonds is 7. The van der Waals surface area contributed by atoms with Crippen molar-refractivity contribution in [3.05, 3.63) is 39.1 Å². The van der Waals surface area contributed by atoms with E-state index in [1.165, 1.54) is 0 Å². The van der Waals surface area contributed by atoms with Crippen LogP contribution in [0.4, 0.5) is 5.82 Å². The number of aromatic nitrogens is 5. The molecule has 2 aliphatic carbocycles. The molecule has 3 aliphatic rings. The van der Waals surface area contributed by atoms with Gasteiger partial charge in [-0.15, -0.1) is 0 Å². The van der Waals surface area contributed by atoms with E-state index in [4.69, 9.17) is 14.7 Å². The molecule has 0 unspecified atom stereocenters. The molecule has 6 rings (SSSR count). The monoisotopic (exact) mass is 523 g/mol. The van der Waals surface area contributed by atoms with Crippen LogP contribution in [-0.2, 0) is 9.53 Å². The third kappa shape index (κ3) is 5.73. The van der Waals surface area contributed by atoms with Crippen molar-refractivity contribution in [3.8, 4) is 5.88 Å². The molecular formula is C25H33N9O4. The third-order valence-corrected chi connectivity index (χ3v) is 7.29. The van der Waals surface area contributed by atoms with Crippen molar-refractivity contribution in [2.75, 3.05) is 38.2 Å². The lowest BCUT2D eigenvalue weighted by atomic mass is 9.91. The average Bonchev–Trinajstić information content (AvgIpc) is 3.54. The highest BCUT2D eigenvalue weighted by molar-refractivity contribution is 5.78. The Balaban J connectivity index is 1.15. The van der Waals surface area contributed by atoms with Crippen LogP contribution in [0.2, 0.25) is 0 Å². The third-order valence-electron chi connectivity index (χ3n) is 7.29. The fraction of sp³-hybridized carbons (Fsp3) is 0.560. The molecule has 1 amide bonds. The van der Waals surface area contributed by atoms with Crippen LogP contribution < -0.4 is 27.0 Å². The van der Waals surface area contributed by atoms with Gasteiger partial charge >= 0.3 is 5.69 Å². The molecule has 2 saturated carbocycles. The fourth-order valence-corrected chi connectivity index (χ4v) is 5.10. The van der Waals surface area contributed by atoms with E-state index in [1.807, 2.05) is 6.07 Å². The largest absolute Gasteiger partial charge is 0.493 e. The summed E-state index contributed by atoms with van der Waals surface area (Å²) in [7, 11) is 0. The molecule has 0 bridgehead atoms. The number of fused-ring (bicyclic) bond motifs is 1. The molecule has 1 saturated heterocycles. The summed E-state index contributed by atoms with van der Waals surface area (Å²) in [6, 6.07) is 2.64. The van der Waals surface area contributed by atoms with E-state index < -0.39 is 5.69 Å². The molecule has 3 aromatic rings. The molecule has 0 radical (unpaired) electrons. The first-order valence-electron chi connectivity index (χ1n) is 13.3. The van der Waals surface area contributed by atoms with Gasteiger partial charge in [-0.3, -0.25) is 19.7 Å². The molecular weight excluding hydrogens is 490 g/mol. The number of carbonyl (C=O) groups is 1. The summed E-state index contributed by atoms with van der Waals surface area (Å²) in [5.41, 5.74) is 1.08. The van der Waals surface area contributed by atoms with Crippen LogP contribution in [0.15, 0.2) is 22.1 Å².